The van der Waals surface area contributed by atoms with E-state index in [1.807, 2.05) is 13.8 Å². The standard InChI is InChI=1S/C23H24FN5O4/c1-23(2)11-16-18(32-14-6-7-15(17(24)10-14)22(31)28(3)4)8-13(9-19(16)33-23)21(30)26-20-12-25-29(5)27-20/h6-10,12H,11H2,1-5H3,(H,26,27,30). The van der Waals surface area contributed by atoms with Crippen molar-refractivity contribution in [2.75, 3.05) is 19.4 Å². The van der Waals surface area contributed by atoms with Crippen LogP contribution in [0.25, 0.3) is 0 Å². The van der Waals surface area contributed by atoms with Gasteiger partial charge in [-0.1, -0.05) is 0 Å². The first-order valence-corrected chi connectivity index (χ1v) is 10.2. The first-order chi connectivity index (χ1) is 15.5. The average Bonchev–Trinajstić information content (AvgIpc) is 3.28. The maximum Gasteiger partial charge on any atom is 0.257 e. The fraction of sp³-hybridized carbons (Fsp3) is 0.304. The number of carbonyl (C=O) groups excluding carboxylic acids is 2. The maximum absolute atomic E-state index is 14.6. The third-order valence-corrected chi connectivity index (χ3v) is 5.07. The molecule has 9 nitrogen and oxygen atoms in total. The average molecular weight is 453 g/mol. The first kappa shape index (κ1) is 22.3. The van der Waals surface area contributed by atoms with Gasteiger partial charge in [0.25, 0.3) is 11.8 Å². The van der Waals surface area contributed by atoms with Crippen LogP contribution in [0, 0.1) is 5.82 Å². The van der Waals surface area contributed by atoms with E-state index in [-0.39, 0.29) is 16.9 Å². The molecule has 0 saturated heterocycles. The Morgan fingerprint density at radius 1 is 1.24 bits per heavy atom. The van der Waals surface area contributed by atoms with Crippen molar-refractivity contribution >= 4 is 17.6 Å². The number of halogens is 1. The fourth-order valence-electron chi connectivity index (χ4n) is 3.56. The van der Waals surface area contributed by atoms with E-state index in [4.69, 9.17) is 9.47 Å². The van der Waals surface area contributed by atoms with Gasteiger partial charge in [-0.05, 0) is 38.1 Å². The number of amides is 2. The maximum atomic E-state index is 14.6. The molecule has 0 fully saturated rings. The lowest BCUT2D eigenvalue weighted by Crippen LogP contribution is -2.24. The molecule has 2 amide bonds. The van der Waals surface area contributed by atoms with Crippen molar-refractivity contribution in [1.82, 2.24) is 19.9 Å². The summed E-state index contributed by atoms with van der Waals surface area (Å²) in [6, 6.07) is 7.25. The second kappa shape index (κ2) is 8.19. The van der Waals surface area contributed by atoms with Crippen molar-refractivity contribution in [2.24, 2.45) is 7.05 Å². The Labute approximate surface area is 190 Å². The summed E-state index contributed by atoms with van der Waals surface area (Å²) >= 11 is 0. The van der Waals surface area contributed by atoms with Gasteiger partial charge in [-0.15, -0.1) is 5.10 Å². The van der Waals surface area contributed by atoms with Crippen LogP contribution in [0.15, 0.2) is 36.5 Å². The monoisotopic (exact) mass is 453 g/mol. The minimum absolute atomic E-state index is 0.0563. The van der Waals surface area contributed by atoms with Crippen LogP contribution in [0.4, 0.5) is 10.2 Å². The van der Waals surface area contributed by atoms with Crippen molar-refractivity contribution < 1.29 is 23.5 Å². The van der Waals surface area contributed by atoms with Crippen molar-refractivity contribution in [1.29, 1.82) is 0 Å². The summed E-state index contributed by atoms with van der Waals surface area (Å²) in [6.07, 6.45) is 1.98. The molecule has 0 aliphatic carbocycles. The van der Waals surface area contributed by atoms with Crippen molar-refractivity contribution in [3.05, 3.63) is 59.0 Å². The Balaban J connectivity index is 1.67. The summed E-state index contributed by atoms with van der Waals surface area (Å²) in [5.74, 6) is -0.186. The van der Waals surface area contributed by atoms with Gasteiger partial charge >= 0.3 is 0 Å². The van der Waals surface area contributed by atoms with Gasteiger partial charge in [0, 0.05) is 44.8 Å². The van der Waals surface area contributed by atoms with Crippen LogP contribution >= 0.6 is 0 Å². The highest BCUT2D eigenvalue weighted by atomic mass is 19.1. The molecule has 2 heterocycles. The Kier molecular flexibility index (Phi) is 5.52. The Bertz CT molecular complexity index is 1250. The van der Waals surface area contributed by atoms with E-state index >= 15 is 0 Å². The third kappa shape index (κ3) is 4.64. The van der Waals surface area contributed by atoms with Crippen LogP contribution in [-0.4, -0.2) is 51.4 Å². The Hall–Kier alpha value is -3.95. The summed E-state index contributed by atoms with van der Waals surface area (Å²) in [7, 11) is 4.74. The normalized spacial score (nSPS) is 13.8. The lowest BCUT2D eigenvalue weighted by molar-refractivity contribution is 0.0822. The zero-order valence-electron chi connectivity index (χ0n) is 19.0. The van der Waals surface area contributed by atoms with E-state index in [9.17, 15) is 14.0 Å². The molecule has 2 aromatic carbocycles. The van der Waals surface area contributed by atoms with Crippen molar-refractivity contribution in [2.45, 2.75) is 25.9 Å². The molecular weight excluding hydrogens is 429 g/mol. The lowest BCUT2D eigenvalue weighted by Gasteiger charge is -2.16. The Morgan fingerprint density at radius 3 is 2.64 bits per heavy atom. The second-order valence-corrected chi connectivity index (χ2v) is 8.61. The number of anilines is 1. The number of benzene rings is 2. The minimum Gasteiger partial charge on any atom is -0.487 e. The van der Waals surface area contributed by atoms with E-state index in [1.54, 1.807) is 33.3 Å². The van der Waals surface area contributed by atoms with Gasteiger partial charge in [-0.3, -0.25) is 9.59 Å². The fourth-order valence-corrected chi connectivity index (χ4v) is 3.56. The van der Waals surface area contributed by atoms with Gasteiger partial charge in [0.05, 0.1) is 11.8 Å². The van der Waals surface area contributed by atoms with Gasteiger partial charge in [-0.25, -0.2) is 4.39 Å². The second-order valence-electron chi connectivity index (χ2n) is 8.61. The zero-order chi connectivity index (χ0) is 23.9. The smallest absolute Gasteiger partial charge is 0.257 e. The molecule has 4 rings (SSSR count). The predicted octanol–water partition coefficient (Wildman–Crippen LogP) is 3.41. The topological polar surface area (TPSA) is 98.6 Å². The number of carbonyl (C=O) groups is 2. The van der Waals surface area contributed by atoms with E-state index in [1.165, 1.54) is 28.0 Å². The highest BCUT2D eigenvalue weighted by Gasteiger charge is 2.34. The number of nitrogens with one attached hydrogen (secondary N) is 1. The largest absolute Gasteiger partial charge is 0.487 e. The minimum atomic E-state index is -0.698. The molecule has 3 aromatic rings. The molecule has 10 heteroatoms. The molecule has 172 valence electrons. The molecule has 0 atom stereocenters. The molecular formula is C23H24FN5O4. The molecule has 33 heavy (non-hydrogen) atoms. The summed E-state index contributed by atoms with van der Waals surface area (Å²) in [5, 5.41) is 10.7. The molecule has 1 aliphatic rings. The van der Waals surface area contributed by atoms with Crippen LogP contribution in [-0.2, 0) is 13.5 Å². The van der Waals surface area contributed by atoms with Crippen LogP contribution in [0.1, 0.15) is 40.1 Å². The molecule has 0 spiro atoms. The number of ether oxygens (including phenoxy) is 2. The summed E-state index contributed by atoms with van der Waals surface area (Å²) in [4.78, 5) is 27.6. The van der Waals surface area contributed by atoms with E-state index in [0.29, 0.717) is 23.7 Å². The third-order valence-electron chi connectivity index (χ3n) is 5.07. The predicted molar refractivity (Wildman–Crippen MR) is 118 cm³/mol. The zero-order valence-corrected chi connectivity index (χ0v) is 19.0. The number of hydrogen-bond acceptors (Lipinski definition) is 6. The molecule has 0 saturated carbocycles. The number of aromatic nitrogens is 3. The molecule has 1 N–H and O–H groups in total. The van der Waals surface area contributed by atoms with Gasteiger partial charge in [-0.2, -0.15) is 9.90 Å². The number of rotatable bonds is 5. The highest BCUT2D eigenvalue weighted by molar-refractivity contribution is 6.04. The van der Waals surface area contributed by atoms with Crippen molar-refractivity contribution in [3.8, 4) is 17.2 Å². The van der Waals surface area contributed by atoms with Crippen LogP contribution < -0.4 is 14.8 Å². The Morgan fingerprint density at radius 2 is 2.00 bits per heavy atom. The quantitative estimate of drug-likeness (QED) is 0.636. The SMILES string of the molecule is CN(C)C(=O)c1ccc(Oc2cc(C(=O)Nc3cnn(C)n3)cc3c2CC(C)(C)O3)cc1F. The van der Waals surface area contributed by atoms with Crippen LogP contribution in [0.3, 0.4) is 0 Å². The lowest BCUT2D eigenvalue weighted by atomic mass is 9.99. The number of hydrogen-bond donors (Lipinski definition) is 1. The van der Waals surface area contributed by atoms with Gasteiger partial charge in [0.1, 0.15) is 28.7 Å². The van der Waals surface area contributed by atoms with E-state index in [2.05, 4.69) is 15.5 Å². The molecule has 0 bridgehead atoms. The van der Waals surface area contributed by atoms with E-state index < -0.39 is 23.2 Å². The van der Waals surface area contributed by atoms with Crippen molar-refractivity contribution in [3.63, 3.8) is 0 Å². The first-order valence-electron chi connectivity index (χ1n) is 10.2. The summed E-state index contributed by atoms with van der Waals surface area (Å²) in [6.45, 7) is 3.86. The van der Waals surface area contributed by atoms with Gasteiger partial charge in [0.15, 0.2) is 5.82 Å². The van der Waals surface area contributed by atoms with Crippen LogP contribution in [0.2, 0.25) is 0 Å². The molecule has 1 aromatic heterocycles. The van der Waals surface area contributed by atoms with E-state index in [0.717, 1.165) is 11.6 Å². The summed E-state index contributed by atoms with van der Waals surface area (Å²) in [5.41, 5.74) is 0.504. The molecule has 0 radical (unpaired) electrons. The number of aryl methyl sites for hydroxylation is 1. The molecule has 0 unspecified atom stereocenters. The highest BCUT2D eigenvalue weighted by Crippen LogP contribution is 2.43. The van der Waals surface area contributed by atoms with Crippen LogP contribution in [0.5, 0.6) is 17.2 Å². The van der Waals surface area contributed by atoms with Gasteiger partial charge < -0.3 is 19.7 Å². The number of nitrogens with zero attached hydrogens (tertiary/aromatic N) is 4. The number of fused-ring (bicyclic) bond motifs is 1. The van der Waals surface area contributed by atoms with Gasteiger partial charge in [0.2, 0.25) is 0 Å². The summed E-state index contributed by atoms with van der Waals surface area (Å²) < 4.78 is 26.6. The molecule has 1 aliphatic heterocycles.